The van der Waals surface area contributed by atoms with E-state index in [1.165, 1.54) is 24.4 Å². The Hall–Kier alpha value is -3.24. The van der Waals surface area contributed by atoms with Gasteiger partial charge in [-0.25, -0.2) is 22.9 Å². The van der Waals surface area contributed by atoms with Crippen LogP contribution in [0.15, 0.2) is 41.6 Å². The molecule has 0 radical (unpaired) electrons. The molecule has 0 aliphatic rings. The van der Waals surface area contributed by atoms with Gasteiger partial charge in [0.25, 0.3) is 0 Å². The van der Waals surface area contributed by atoms with Crippen LogP contribution in [0, 0.1) is 0 Å². The number of nitrogens with one attached hydrogen (secondary N) is 2. The van der Waals surface area contributed by atoms with Crippen LogP contribution < -0.4 is 10.5 Å². The first-order valence-electron chi connectivity index (χ1n) is 8.68. The van der Waals surface area contributed by atoms with Gasteiger partial charge >= 0.3 is 18.3 Å². The fourth-order valence-corrected chi connectivity index (χ4v) is 3.37. The van der Waals surface area contributed by atoms with Crippen molar-refractivity contribution in [3.8, 4) is 11.3 Å². The molecule has 0 unspecified atom stereocenters. The summed E-state index contributed by atoms with van der Waals surface area (Å²) in [5.41, 5.74) is 5.14. The second-order valence-corrected chi connectivity index (χ2v) is 7.94. The van der Waals surface area contributed by atoms with Gasteiger partial charge in [-0.05, 0) is 24.3 Å². The minimum absolute atomic E-state index is 0.0648. The number of pyridine rings is 2. The molecular formula is C17H15F6N5O4S. The molecule has 3 heterocycles. The van der Waals surface area contributed by atoms with Gasteiger partial charge in [0, 0.05) is 36.4 Å². The number of halogens is 6. The number of aliphatic carboxylic acids is 1. The van der Waals surface area contributed by atoms with Gasteiger partial charge in [-0.3, -0.25) is 4.98 Å². The molecule has 0 atom stereocenters. The van der Waals surface area contributed by atoms with Crippen LogP contribution >= 0.6 is 0 Å². The van der Waals surface area contributed by atoms with Crippen molar-refractivity contribution in [1.29, 1.82) is 0 Å². The molecule has 0 bridgehead atoms. The van der Waals surface area contributed by atoms with Gasteiger partial charge in [0.15, 0.2) is 0 Å². The van der Waals surface area contributed by atoms with Crippen LogP contribution in [-0.2, 0) is 21.0 Å². The second-order valence-electron chi connectivity index (χ2n) is 6.17. The number of carboxylic acid groups (broad SMARTS) is 1. The van der Waals surface area contributed by atoms with Crippen molar-refractivity contribution in [3.63, 3.8) is 0 Å². The van der Waals surface area contributed by atoms with E-state index in [0.29, 0.717) is 11.3 Å². The van der Waals surface area contributed by atoms with Crippen LogP contribution in [0.4, 0.5) is 26.3 Å². The SMILES string of the molecule is NCCNS(=O)(=O)c1ccc(-c2ccnc3[nH]c(C(F)(F)F)cc23)nc1.O=C(O)C(F)(F)F. The van der Waals surface area contributed by atoms with Crippen LogP contribution in [0.25, 0.3) is 22.3 Å². The van der Waals surface area contributed by atoms with E-state index in [1.807, 2.05) is 0 Å². The quantitative estimate of drug-likeness (QED) is 0.394. The zero-order valence-corrected chi connectivity index (χ0v) is 17.0. The van der Waals surface area contributed by atoms with E-state index >= 15 is 0 Å². The summed E-state index contributed by atoms with van der Waals surface area (Å²) in [7, 11) is -3.74. The topological polar surface area (TPSA) is 151 Å². The van der Waals surface area contributed by atoms with E-state index in [2.05, 4.69) is 19.7 Å². The number of carboxylic acids is 1. The molecule has 3 rings (SSSR count). The summed E-state index contributed by atoms with van der Waals surface area (Å²) in [6.07, 6.45) is -7.13. The van der Waals surface area contributed by atoms with Crippen LogP contribution in [-0.4, -0.2) is 53.7 Å². The van der Waals surface area contributed by atoms with Gasteiger partial charge in [0.1, 0.15) is 16.2 Å². The van der Waals surface area contributed by atoms with Crippen molar-refractivity contribution >= 4 is 27.0 Å². The first-order chi connectivity index (χ1) is 15.2. The van der Waals surface area contributed by atoms with Crippen LogP contribution in [0.3, 0.4) is 0 Å². The summed E-state index contributed by atoms with van der Waals surface area (Å²) < 4.78 is 96.7. The molecule has 5 N–H and O–H groups in total. The first-order valence-corrected chi connectivity index (χ1v) is 10.2. The molecule has 0 saturated heterocycles. The molecule has 3 aromatic rings. The van der Waals surface area contributed by atoms with Crippen LogP contribution in [0.1, 0.15) is 5.69 Å². The van der Waals surface area contributed by atoms with Crippen LogP contribution in [0.2, 0.25) is 0 Å². The number of aromatic nitrogens is 3. The average Bonchev–Trinajstić information content (AvgIpc) is 3.17. The number of alkyl halides is 6. The Morgan fingerprint density at radius 2 is 1.76 bits per heavy atom. The summed E-state index contributed by atoms with van der Waals surface area (Å²) in [5, 5.41) is 7.36. The van der Waals surface area contributed by atoms with Crippen molar-refractivity contribution in [2.75, 3.05) is 13.1 Å². The van der Waals surface area contributed by atoms with Crippen LogP contribution in [0.5, 0.6) is 0 Å². The number of hydrogen-bond acceptors (Lipinski definition) is 6. The minimum atomic E-state index is -5.08. The molecule has 0 amide bonds. The van der Waals surface area contributed by atoms with Gasteiger partial charge in [-0.1, -0.05) is 0 Å². The van der Waals surface area contributed by atoms with Gasteiger partial charge in [-0.2, -0.15) is 26.3 Å². The predicted octanol–water partition coefficient (Wildman–Crippen LogP) is 2.51. The summed E-state index contributed by atoms with van der Waals surface area (Å²) in [6.45, 7) is 0.230. The molecule has 16 heteroatoms. The third kappa shape index (κ3) is 6.62. The van der Waals surface area contributed by atoms with Crippen molar-refractivity contribution in [2.24, 2.45) is 5.73 Å². The Balaban J connectivity index is 0.000000479. The average molecular weight is 499 g/mol. The maximum atomic E-state index is 12.9. The summed E-state index contributed by atoms with van der Waals surface area (Å²) in [4.78, 5) is 19.0. The van der Waals surface area contributed by atoms with E-state index in [9.17, 15) is 34.8 Å². The Morgan fingerprint density at radius 3 is 2.24 bits per heavy atom. The van der Waals surface area contributed by atoms with Gasteiger partial charge in [0.05, 0.1) is 5.69 Å². The fraction of sp³-hybridized carbons (Fsp3) is 0.235. The molecule has 0 saturated carbocycles. The zero-order chi connectivity index (χ0) is 25.0. The van der Waals surface area contributed by atoms with Crippen molar-refractivity contribution in [3.05, 3.63) is 42.4 Å². The summed E-state index contributed by atoms with van der Waals surface area (Å²) in [6, 6.07) is 5.21. The molecule has 33 heavy (non-hydrogen) atoms. The molecule has 180 valence electrons. The van der Waals surface area contributed by atoms with E-state index in [0.717, 1.165) is 12.3 Å². The van der Waals surface area contributed by atoms with Gasteiger partial charge in [-0.15, -0.1) is 0 Å². The van der Waals surface area contributed by atoms with E-state index in [4.69, 9.17) is 15.6 Å². The monoisotopic (exact) mass is 499 g/mol. The number of H-pyrrole nitrogens is 1. The number of nitrogens with zero attached hydrogens (tertiary/aromatic N) is 2. The van der Waals surface area contributed by atoms with E-state index in [1.54, 1.807) is 0 Å². The number of hydrogen-bond donors (Lipinski definition) is 4. The smallest absolute Gasteiger partial charge is 0.475 e. The highest BCUT2D eigenvalue weighted by Crippen LogP contribution is 2.34. The summed E-state index contributed by atoms with van der Waals surface area (Å²) >= 11 is 0. The second kappa shape index (κ2) is 9.72. The predicted molar refractivity (Wildman–Crippen MR) is 102 cm³/mol. The maximum absolute atomic E-state index is 12.9. The molecule has 0 aliphatic carbocycles. The Kier molecular flexibility index (Phi) is 7.66. The molecule has 0 spiro atoms. The molecule has 3 aromatic heterocycles. The van der Waals surface area contributed by atoms with Crippen molar-refractivity contribution in [2.45, 2.75) is 17.2 Å². The first kappa shape index (κ1) is 26.0. The third-order valence-electron chi connectivity index (χ3n) is 3.84. The number of sulfonamides is 1. The largest absolute Gasteiger partial charge is 0.490 e. The lowest BCUT2D eigenvalue weighted by Gasteiger charge is -2.07. The third-order valence-corrected chi connectivity index (χ3v) is 5.29. The minimum Gasteiger partial charge on any atom is -0.475 e. The lowest BCUT2D eigenvalue weighted by molar-refractivity contribution is -0.192. The maximum Gasteiger partial charge on any atom is 0.490 e. The number of fused-ring (bicyclic) bond motifs is 1. The van der Waals surface area contributed by atoms with E-state index < -0.39 is 34.0 Å². The van der Waals surface area contributed by atoms with Gasteiger partial charge < -0.3 is 15.8 Å². The Bertz CT molecular complexity index is 1220. The van der Waals surface area contributed by atoms with Gasteiger partial charge in [0.2, 0.25) is 10.0 Å². The Labute approximate surface area is 181 Å². The standard InChI is InChI=1S/C15H14F3N5O2S.C2HF3O2/c16-15(17,18)13-7-11-10(3-5-20-14(11)23-13)12-2-1-9(8-21-12)26(24,25)22-6-4-19;3-2(4,5)1(6)7/h1-3,5,7-8,22H,4,6,19H2,(H,20,23);(H,6,7). The lowest BCUT2D eigenvalue weighted by Crippen LogP contribution is -2.29. The lowest BCUT2D eigenvalue weighted by atomic mass is 10.1. The fourth-order valence-electron chi connectivity index (χ4n) is 2.38. The van der Waals surface area contributed by atoms with Crippen molar-refractivity contribution in [1.82, 2.24) is 19.7 Å². The van der Waals surface area contributed by atoms with Crippen molar-refractivity contribution < 1.29 is 44.7 Å². The number of rotatable bonds is 5. The zero-order valence-electron chi connectivity index (χ0n) is 16.2. The molecule has 0 aliphatic heterocycles. The van der Waals surface area contributed by atoms with E-state index in [-0.39, 0.29) is 29.0 Å². The Morgan fingerprint density at radius 1 is 1.12 bits per heavy atom. The number of aromatic amines is 1. The number of carbonyl (C=O) groups is 1. The molecule has 0 aromatic carbocycles. The molecule has 0 fully saturated rings. The highest BCUT2D eigenvalue weighted by Gasteiger charge is 2.38. The highest BCUT2D eigenvalue weighted by molar-refractivity contribution is 7.89. The molecular weight excluding hydrogens is 484 g/mol. The molecule has 9 nitrogen and oxygen atoms in total. The normalized spacial score (nSPS) is 12.3. The summed E-state index contributed by atoms with van der Waals surface area (Å²) in [5.74, 6) is -2.76. The highest BCUT2D eigenvalue weighted by atomic mass is 32.2. The number of nitrogens with two attached hydrogens (primary N) is 1.